The summed E-state index contributed by atoms with van der Waals surface area (Å²) in [5, 5.41) is 0. The molecular formula is C23H35N3O2. The van der Waals surface area contributed by atoms with Crippen LogP contribution in [0.15, 0.2) is 24.5 Å². The van der Waals surface area contributed by atoms with Gasteiger partial charge in [-0.05, 0) is 74.2 Å². The number of likely N-dealkylation sites (tertiary alicyclic amines) is 1. The molecule has 0 N–H and O–H groups in total. The molecule has 0 aromatic carbocycles. The van der Waals surface area contributed by atoms with Crippen LogP contribution in [0, 0.1) is 17.3 Å². The first kappa shape index (κ1) is 19.8. The van der Waals surface area contributed by atoms with Gasteiger partial charge in [0.2, 0.25) is 5.91 Å². The van der Waals surface area contributed by atoms with Crippen LogP contribution in [0.25, 0.3) is 0 Å². The molecule has 1 aliphatic heterocycles. The molecule has 4 rings (SSSR count). The molecule has 1 saturated heterocycles. The highest BCUT2D eigenvalue weighted by atomic mass is 16.5. The zero-order valence-electron chi connectivity index (χ0n) is 17.3. The van der Waals surface area contributed by atoms with Crippen LogP contribution in [0.1, 0.15) is 50.5 Å². The molecule has 1 atom stereocenters. The summed E-state index contributed by atoms with van der Waals surface area (Å²) in [7, 11) is 1.77. The molecule has 0 unspecified atom stereocenters. The Kier molecular flexibility index (Phi) is 6.32. The number of ether oxygens (including phenoxy) is 1. The van der Waals surface area contributed by atoms with Crippen molar-refractivity contribution < 1.29 is 9.53 Å². The number of methoxy groups -OCH3 is 1. The van der Waals surface area contributed by atoms with E-state index in [0.29, 0.717) is 23.2 Å². The summed E-state index contributed by atoms with van der Waals surface area (Å²) in [5.41, 5.74) is 1.57. The molecular weight excluding hydrogens is 350 g/mol. The second-order valence-corrected chi connectivity index (χ2v) is 9.18. The van der Waals surface area contributed by atoms with E-state index in [1.54, 1.807) is 7.11 Å². The van der Waals surface area contributed by atoms with Crippen LogP contribution in [0.2, 0.25) is 0 Å². The molecule has 5 heteroatoms. The first-order chi connectivity index (χ1) is 13.7. The van der Waals surface area contributed by atoms with Gasteiger partial charge in [0.05, 0.1) is 6.61 Å². The topological polar surface area (TPSA) is 45.7 Å². The Morgan fingerprint density at radius 2 is 1.96 bits per heavy atom. The third-order valence-electron chi connectivity index (χ3n) is 7.32. The van der Waals surface area contributed by atoms with Gasteiger partial charge in [0.15, 0.2) is 0 Å². The molecule has 1 amide bonds. The van der Waals surface area contributed by atoms with E-state index in [4.69, 9.17) is 4.74 Å². The van der Waals surface area contributed by atoms with Crippen LogP contribution in [0.4, 0.5) is 0 Å². The lowest BCUT2D eigenvalue weighted by Crippen LogP contribution is -2.42. The minimum atomic E-state index is 0.290. The average Bonchev–Trinajstić information content (AvgIpc) is 3.23. The van der Waals surface area contributed by atoms with Crippen molar-refractivity contribution in [3.8, 4) is 0 Å². The van der Waals surface area contributed by atoms with Crippen molar-refractivity contribution in [2.75, 3.05) is 39.9 Å². The third kappa shape index (κ3) is 4.57. The average molecular weight is 386 g/mol. The monoisotopic (exact) mass is 385 g/mol. The van der Waals surface area contributed by atoms with Crippen molar-refractivity contribution in [2.45, 2.75) is 51.5 Å². The van der Waals surface area contributed by atoms with Gasteiger partial charge in [0.1, 0.15) is 0 Å². The Labute approximate surface area is 169 Å². The van der Waals surface area contributed by atoms with Crippen molar-refractivity contribution in [3.63, 3.8) is 0 Å². The normalized spacial score (nSPS) is 24.5. The predicted molar refractivity (Wildman–Crippen MR) is 110 cm³/mol. The molecule has 1 aromatic heterocycles. The number of pyridine rings is 1. The maximum absolute atomic E-state index is 13.4. The Morgan fingerprint density at radius 1 is 1.25 bits per heavy atom. The zero-order valence-corrected chi connectivity index (χ0v) is 17.3. The number of rotatable bonds is 8. The lowest BCUT2D eigenvalue weighted by molar-refractivity contribution is -0.135. The maximum atomic E-state index is 13.4. The standard InChI is InChI=1S/C23H35N3O2/c1-28-15-14-25-12-6-20(7-13-25)18-26(17-19-4-10-24-11-5-19)22(27)21-16-23(21)8-2-3-9-23/h4-5,10-11,20-21H,2-3,6-9,12-18H2,1H3/t21-/m1/s1. The first-order valence-corrected chi connectivity index (χ1v) is 11.1. The van der Waals surface area contributed by atoms with Crippen LogP contribution >= 0.6 is 0 Å². The number of hydrogen-bond acceptors (Lipinski definition) is 4. The summed E-state index contributed by atoms with van der Waals surface area (Å²) in [4.78, 5) is 22.2. The van der Waals surface area contributed by atoms with Crippen molar-refractivity contribution in [1.29, 1.82) is 0 Å². The Balaban J connectivity index is 1.37. The highest BCUT2D eigenvalue weighted by Crippen LogP contribution is 2.63. The van der Waals surface area contributed by atoms with E-state index in [1.165, 1.54) is 44.1 Å². The summed E-state index contributed by atoms with van der Waals surface area (Å²) in [6.45, 7) is 5.72. The molecule has 1 aromatic rings. The minimum absolute atomic E-state index is 0.290. The quantitative estimate of drug-likeness (QED) is 0.688. The number of carbonyl (C=O) groups is 1. The highest BCUT2D eigenvalue weighted by Gasteiger charge is 2.59. The van der Waals surface area contributed by atoms with Gasteiger partial charge in [-0.3, -0.25) is 9.78 Å². The van der Waals surface area contributed by atoms with Gasteiger partial charge in [0, 0.05) is 45.1 Å². The maximum Gasteiger partial charge on any atom is 0.226 e. The van der Waals surface area contributed by atoms with Gasteiger partial charge in [-0.25, -0.2) is 0 Å². The number of hydrogen-bond donors (Lipinski definition) is 0. The number of aromatic nitrogens is 1. The number of piperidine rings is 1. The van der Waals surface area contributed by atoms with Crippen molar-refractivity contribution in [1.82, 2.24) is 14.8 Å². The smallest absolute Gasteiger partial charge is 0.226 e. The van der Waals surface area contributed by atoms with E-state index in [2.05, 4.69) is 14.8 Å². The van der Waals surface area contributed by atoms with E-state index in [0.717, 1.165) is 45.8 Å². The van der Waals surface area contributed by atoms with Crippen molar-refractivity contribution in [3.05, 3.63) is 30.1 Å². The number of nitrogens with zero attached hydrogens (tertiary/aromatic N) is 3. The summed E-state index contributed by atoms with van der Waals surface area (Å²) in [6.07, 6.45) is 12.3. The molecule has 2 heterocycles. The Hall–Kier alpha value is -1.46. The summed E-state index contributed by atoms with van der Waals surface area (Å²) in [5.74, 6) is 1.32. The zero-order chi connectivity index (χ0) is 19.4. The highest BCUT2D eigenvalue weighted by molar-refractivity contribution is 5.82. The summed E-state index contributed by atoms with van der Waals surface area (Å²) < 4.78 is 5.21. The van der Waals surface area contributed by atoms with Gasteiger partial charge in [-0.15, -0.1) is 0 Å². The molecule has 2 aliphatic carbocycles. The van der Waals surface area contributed by atoms with Crippen molar-refractivity contribution in [2.24, 2.45) is 17.3 Å². The van der Waals surface area contributed by atoms with Gasteiger partial charge in [0.25, 0.3) is 0 Å². The third-order valence-corrected chi connectivity index (χ3v) is 7.32. The molecule has 0 radical (unpaired) electrons. The van der Waals surface area contributed by atoms with E-state index in [-0.39, 0.29) is 0 Å². The first-order valence-electron chi connectivity index (χ1n) is 11.1. The Morgan fingerprint density at radius 3 is 2.64 bits per heavy atom. The SMILES string of the molecule is COCCN1CCC(CN(Cc2ccncc2)C(=O)[C@H]2CC23CCCC3)CC1. The Bertz CT molecular complexity index is 637. The lowest BCUT2D eigenvalue weighted by Gasteiger charge is -2.35. The summed E-state index contributed by atoms with van der Waals surface area (Å²) in [6, 6.07) is 4.09. The largest absolute Gasteiger partial charge is 0.383 e. The molecule has 5 nitrogen and oxygen atoms in total. The van der Waals surface area contributed by atoms with Crippen LogP contribution in [-0.4, -0.2) is 60.6 Å². The van der Waals surface area contributed by atoms with Gasteiger partial charge in [-0.1, -0.05) is 12.8 Å². The molecule has 3 fully saturated rings. The van der Waals surface area contributed by atoms with Crippen LogP contribution in [0.3, 0.4) is 0 Å². The predicted octanol–water partition coefficient (Wildman–Crippen LogP) is 3.35. The lowest BCUT2D eigenvalue weighted by atomic mass is 9.95. The van der Waals surface area contributed by atoms with Crippen molar-refractivity contribution >= 4 is 5.91 Å². The second-order valence-electron chi connectivity index (χ2n) is 9.18. The van der Waals surface area contributed by atoms with Crippen LogP contribution in [0.5, 0.6) is 0 Å². The fourth-order valence-corrected chi connectivity index (χ4v) is 5.41. The van der Waals surface area contributed by atoms with E-state index in [9.17, 15) is 4.79 Å². The second kappa shape index (κ2) is 8.91. The minimum Gasteiger partial charge on any atom is -0.383 e. The van der Waals surface area contributed by atoms with Crippen LogP contribution < -0.4 is 0 Å². The van der Waals surface area contributed by atoms with Gasteiger partial charge in [-0.2, -0.15) is 0 Å². The van der Waals surface area contributed by atoms with Crippen LogP contribution in [-0.2, 0) is 16.1 Å². The molecule has 1 spiro atoms. The molecule has 0 bridgehead atoms. The van der Waals surface area contributed by atoms with E-state index >= 15 is 0 Å². The molecule has 2 saturated carbocycles. The summed E-state index contributed by atoms with van der Waals surface area (Å²) >= 11 is 0. The number of amides is 1. The molecule has 3 aliphatic rings. The molecule has 28 heavy (non-hydrogen) atoms. The fourth-order valence-electron chi connectivity index (χ4n) is 5.41. The van der Waals surface area contributed by atoms with E-state index in [1.807, 2.05) is 24.5 Å². The fraction of sp³-hybridized carbons (Fsp3) is 0.739. The van der Waals surface area contributed by atoms with Gasteiger partial charge < -0.3 is 14.5 Å². The van der Waals surface area contributed by atoms with Gasteiger partial charge >= 0.3 is 0 Å². The number of carbonyl (C=O) groups excluding carboxylic acids is 1. The van der Waals surface area contributed by atoms with E-state index < -0.39 is 0 Å². The molecule has 154 valence electrons.